The lowest BCUT2D eigenvalue weighted by Gasteiger charge is -2.13. The maximum atomic E-state index is 12.3. The summed E-state index contributed by atoms with van der Waals surface area (Å²) in [4.78, 5) is 37.7. The fraction of sp³-hybridized carbons (Fsp3) is 0.250. The average molecular weight is 405 g/mol. The van der Waals surface area contributed by atoms with Gasteiger partial charge in [0, 0.05) is 29.6 Å². The van der Waals surface area contributed by atoms with Crippen LogP contribution in [0.1, 0.15) is 39.1 Å². The Balaban J connectivity index is 1.41. The maximum absolute atomic E-state index is 12.3. The summed E-state index contributed by atoms with van der Waals surface area (Å²) in [5.41, 5.74) is 1.76. The predicted molar refractivity (Wildman–Crippen MR) is 104 cm³/mol. The second-order valence-electron chi connectivity index (χ2n) is 6.25. The normalized spacial score (nSPS) is 13.0. The van der Waals surface area contributed by atoms with Crippen LogP contribution in [0.4, 0.5) is 0 Å². The molecule has 1 heterocycles. The van der Waals surface area contributed by atoms with Crippen LogP contribution in [0.5, 0.6) is 0 Å². The van der Waals surface area contributed by atoms with Gasteiger partial charge in [0.15, 0.2) is 0 Å². The average Bonchev–Trinajstić information content (AvgIpc) is 2.89. The first kappa shape index (κ1) is 19.4. The molecule has 3 rings (SSSR count). The van der Waals surface area contributed by atoms with E-state index < -0.39 is 0 Å². The van der Waals surface area contributed by atoms with E-state index in [-0.39, 0.29) is 30.7 Å². The summed E-state index contributed by atoms with van der Waals surface area (Å²) in [6.45, 7) is 0.677. The fourth-order valence-corrected chi connectivity index (χ4v) is 3.49. The molecule has 0 atom stereocenters. The standard InChI is InChI=1S/C20H18Cl2N2O3/c21-14-8-7-13(17(22)12-14)9-10-23-18(25)6-3-11-24-19(26)15-4-1-2-5-16(15)20(24)27/h1-2,4-5,7-8,12H,3,6,9-11H2,(H,23,25). The molecule has 0 fully saturated rings. The molecule has 27 heavy (non-hydrogen) atoms. The summed E-state index contributed by atoms with van der Waals surface area (Å²) in [5, 5.41) is 3.96. The molecule has 0 saturated carbocycles. The van der Waals surface area contributed by atoms with E-state index in [1.165, 1.54) is 4.90 Å². The third-order valence-corrected chi connectivity index (χ3v) is 4.98. The highest BCUT2D eigenvalue weighted by Crippen LogP contribution is 2.23. The highest BCUT2D eigenvalue weighted by molar-refractivity contribution is 6.35. The van der Waals surface area contributed by atoms with Crippen LogP contribution in [0.2, 0.25) is 10.0 Å². The molecule has 5 nitrogen and oxygen atoms in total. The predicted octanol–water partition coefficient (Wildman–Crippen LogP) is 3.73. The lowest BCUT2D eigenvalue weighted by atomic mass is 10.1. The van der Waals surface area contributed by atoms with Crippen LogP contribution >= 0.6 is 23.2 Å². The summed E-state index contributed by atoms with van der Waals surface area (Å²) in [6, 6.07) is 12.0. The van der Waals surface area contributed by atoms with Crippen LogP contribution < -0.4 is 5.32 Å². The molecule has 0 saturated heterocycles. The molecule has 140 valence electrons. The van der Waals surface area contributed by atoms with E-state index >= 15 is 0 Å². The smallest absolute Gasteiger partial charge is 0.261 e. The number of hydrogen-bond acceptors (Lipinski definition) is 3. The van der Waals surface area contributed by atoms with E-state index in [4.69, 9.17) is 23.2 Å². The lowest BCUT2D eigenvalue weighted by Crippen LogP contribution is -2.32. The number of rotatable bonds is 7. The zero-order valence-electron chi connectivity index (χ0n) is 14.5. The molecular formula is C20H18Cl2N2O3. The van der Waals surface area contributed by atoms with Crippen molar-refractivity contribution in [3.63, 3.8) is 0 Å². The van der Waals surface area contributed by atoms with Crippen molar-refractivity contribution >= 4 is 40.9 Å². The minimum Gasteiger partial charge on any atom is -0.356 e. The van der Waals surface area contributed by atoms with Gasteiger partial charge in [0.2, 0.25) is 5.91 Å². The van der Waals surface area contributed by atoms with Crippen LogP contribution in [-0.2, 0) is 11.2 Å². The highest BCUT2D eigenvalue weighted by Gasteiger charge is 2.34. The van der Waals surface area contributed by atoms with Gasteiger partial charge in [-0.25, -0.2) is 0 Å². The van der Waals surface area contributed by atoms with Gasteiger partial charge in [-0.15, -0.1) is 0 Å². The largest absolute Gasteiger partial charge is 0.356 e. The molecule has 7 heteroatoms. The number of benzene rings is 2. The third-order valence-electron chi connectivity index (χ3n) is 4.40. The van der Waals surface area contributed by atoms with Gasteiger partial charge in [0.25, 0.3) is 11.8 Å². The van der Waals surface area contributed by atoms with Crippen LogP contribution in [0, 0.1) is 0 Å². The summed E-state index contributed by atoms with van der Waals surface area (Å²) >= 11 is 12.0. The zero-order chi connectivity index (χ0) is 19.4. The van der Waals surface area contributed by atoms with Crippen molar-refractivity contribution in [1.82, 2.24) is 10.2 Å². The Labute approximate surface area is 167 Å². The molecule has 0 radical (unpaired) electrons. The Morgan fingerprint density at radius 3 is 2.30 bits per heavy atom. The van der Waals surface area contributed by atoms with Gasteiger partial charge in [-0.3, -0.25) is 19.3 Å². The topological polar surface area (TPSA) is 66.5 Å². The number of halogens is 2. The van der Waals surface area contributed by atoms with Crippen molar-refractivity contribution in [2.45, 2.75) is 19.3 Å². The minimum atomic E-state index is -0.298. The molecule has 2 aromatic carbocycles. The summed E-state index contributed by atoms with van der Waals surface area (Å²) in [5.74, 6) is -0.724. The van der Waals surface area contributed by atoms with Crippen LogP contribution in [0.25, 0.3) is 0 Å². The molecule has 0 bridgehead atoms. The molecule has 3 amide bonds. The van der Waals surface area contributed by atoms with Crippen LogP contribution in [0.15, 0.2) is 42.5 Å². The Bertz CT molecular complexity index is 864. The van der Waals surface area contributed by atoms with Crippen molar-refractivity contribution in [2.75, 3.05) is 13.1 Å². The summed E-state index contributed by atoms with van der Waals surface area (Å²) < 4.78 is 0. The van der Waals surface area contributed by atoms with Gasteiger partial charge < -0.3 is 5.32 Å². The number of carbonyl (C=O) groups excluding carboxylic acids is 3. The Kier molecular flexibility index (Phi) is 6.14. The van der Waals surface area contributed by atoms with Gasteiger partial charge >= 0.3 is 0 Å². The quantitative estimate of drug-likeness (QED) is 0.714. The Morgan fingerprint density at radius 1 is 1.00 bits per heavy atom. The number of amides is 3. The van der Waals surface area contributed by atoms with Crippen LogP contribution in [-0.4, -0.2) is 35.7 Å². The van der Waals surface area contributed by atoms with E-state index in [1.54, 1.807) is 36.4 Å². The zero-order valence-corrected chi connectivity index (χ0v) is 16.0. The molecule has 2 aromatic rings. The molecule has 1 aliphatic heterocycles. The summed E-state index contributed by atoms with van der Waals surface area (Å²) in [6.07, 6.45) is 1.25. The second kappa shape index (κ2) is 8.55. The lowest BCUT2D eigenvalue weighted by molar-refractivity contribution is -0.121. The van der Waals surface area contributed by atoms with Crippen molar-refractivity contribution in [3.05, 3.63) is 69.2 Å². The monoisotopic (exact) mass is 404 g/mol. The first-order valence-corrected chi connectivity index (χ1v) is 9.39. The van der Waals surface area contributed by atoms with Gasteiger partial charge in [0.05, 0.1) is 11.1 Å². The summed E-state index contributed by atoms with van der Waals surface area (Å²) in [7, 11) is 0. The first-order valence-electron chi connectivity index (χ1n) is 8.63. The molecule has 0 unspecified atom stereocenters. The number of fused-ring (bicyclic) bond motifs is 1. The van der Waals surface area contributed by atoms with E-state index in [2.05, 4.69) is 5.32 Å². The molecule has 1 aliphatic rings. The fourth-order valence-electron chi connectivity index (χ4n) is 2.99. The minimum absolute atomic E-state index is 0.128. The van der Waals surface area contributed by atoms with Crippen LogP contribution in [0.3, 0.4) is 0 Å². The number of imide groups is 1. The van der Waals surface area contributed by atoms with Crippen molar-refractivity contribution in [3.8, 4) is 0 Å². The van der Waals surface area contributed by atoms with Gasteiger partial charge in [-0.2, -0.15) is 0 Å². The van der Waals surface area contributed by atoms with E-state index in [0.29, 0.717) is 40.6 Å². The third kappa shape index (κ3) is 4.49. The van der Waals surface area contributed by atoms with E-state index in [9.17, 15) is 14.4 Å². The Hall–Kier alpha value is -2.37. The number of nitrogens with one attached hydrogen (secondary N) is 1. The molecule has 0 spiro atoms. The first-order chi connectivity index (χ1) is 13.0. The van der Waals surface area contributed by atoms with Crippen molar-refractivity contribution in [1.29, 1.82) is 0 Å². The van der Waals surface area contributed by atoms with Gasteiger partial charge in [-0.1, -0.05) is 41.4 Å². The number of nitrogens with zero attached hydrogens (tertiary/aromatic N) is 1. The molecule has 0 aromatic heterocycles. The highest BCUT2D eigenvalue weighted by atomic mass is 35.5. The number of carbonyl (C=O) groups is 3. The SMILES string of the molecule is O=C(CCCN1C(=O)c2ccccc2C1=O)NCCc1ccc(Cl)cc1Cl. The van der Waals surface area contributed by atoms with Crippen molar-refractivity contribution in [2.24, 2.45) is 0 Å². The number of hydrogen-bond donors (Lipinski definition) is 1. The van der Waals surface area contributed by atoms with Crippen molar-refractivity contribution < 1.29 is 14.4 Å². The molecular weight excluding hydrogens is 387 g/mol. The molecule has 0 aliphatic carbocycles. The van der Waals surface area contributed by atoms with E-state index in [1.807, 2.05) is 6.07 Å². The molecule has 1 N–H and O–H groups in total. The van der Waals surface area contributed by atoms with Gasteiger partial charge in [-0.05, 0) is 42.7 Å². The second-order valence-corrected chi connectivity index (χ2v) is 7.09. The van der Waals surface area contributed by atoms with E-state index in [0.717, 1.165) is 5.56 Å². The van der Waals surface area contributed by atoms with Gasteiger partial charge in [0.1, 0.15) is 0 Å². The maximum Gasteiger partial charge on any atom is 0.261 e. The Morgan fingerprint density at radius 2 is 1.67 bits per heavy atom.